The summed E-state index contributed by atoms with van der Waals surface area (Å²) < 4.78 is 5.58. The summed E-state index contributed by atoms with van der Waals surface area (Å²) >= 11 is 0. The largest absolute Gasteiger partial charge is 0.444 e. The van der Waals surface area contributed by atoms with Crippen LogP contribution in [0.4, 0.5) is 4.79 Å². The van der Waals surface area contributed by atoms with Crippen molar-refractivity contribution in [2.75, 3.05) is 26.2 Å². The van der Waals surface area contributed by atoms with Crippen molar-refractivity contribution in [3.8, 4) is 0 Å². The Morgan fingerprint density at radius 1 is 1.27 bits per heavy atom. The fourth-order valence-corrected chi connectivity index (χ4v) is 4.04. The van der Waals surface area contributed by atoms with E-state index in [0.29, 0.717) is 11.3 Å². The highest BCUT2D eigenvalue weighted by Crippen LogP contribution is 2.46. The number of hydrogen-bond donors (Lipinski definition) is 1. The zero-order valence-corrected chi connectivity index (χ0v) is 14.9. The van der Waals surface area contributed by atoms with Gasteiger partial charge in [-0.15, -0.1) is 0 Å². The van der Waals surface area contributed by atoms with Gasteiger partial charge in [0.2, 0.25) is 0 Å². The lowest BCUT2D eigenvalue weighted by Gasteiger charge is -2.50. The molecule has 1 spiro atoms. The molecule has 0 radical (unpaired) electrons. The normalized spacial score (nSPS) is 25.3. The van der Waals surface area contributed by atoms with Crippen molar-refractivity contribution < 1.29 is 9.53 Å². The number of amides is 1. The number of nitrogens with one attached hydrogen (secondary N) is 1. The van der Waals surface area contributed by atoms with E-state index in [2.05, 4.69) is 12.2 Å². The molecule has 0 aromatic rings. The number of carbonyl (C=O) groups excluding carboxylic acids is 1. The molecule has 2 heterocycles. The van der Waals surface area contributed by atoms with Gasteiger partial charge >= 0.3 is 6.09 Å². The molecule has 2 rings (SSSR count). The van der Waals surface area contributed by atoms with Crippen LogP contribution in [0.1, 0.15) is 66.2 Å². The molecule has 2 saturated heterocycles. The summed E-state index contributed by atoms with van der Waals surface area (Å²) in [5.74, 6) is 0.635. The maximum absolute atomic E-state index is 12.4. The predicted molar refractivity (Wildman–Crippen MR) is 90.0 cm³/mol. The SMILES string of the molecule is CCCCC1CN(C(=O)OC(C)(C)C)CCC12CCNCC2. The second kappa shape index (κ2) is 7.20. The van der Waals surface area contributed by atoms with Crippen LogP contribution >= 0.6 is 0 Å². The average Bonchev–Trinajstić information content (AvgIpc) is 2.45. The Balaban J connectivity index is 2.03. The number of likely N-dealkylation sites (tertiary alicyclic amines) is 1. The van der Waals surface area contributed by atoms with E-state index < -0.39 is 5.60 Å². The van der Waals surface area contributed by atoms with Crippen molar-refractivity contribution in [1.29, 1.82) is 0 Å². The number of unbranched alkanes of at least 4 members (excludes halogenated alkanes) is 1. The number of nitrogens with zero attached hydrogens (tertiary/aromatic N) is 1. The highest BCUT2D eigenvalue weighted by atomic mass is 16.6. The summed E-state index contributed by atoms with van der Waals surface area (Å²) in [4.78, 5) is 14.4. The van der Waals surface area contributed by atoms with E-state index in [0.717, 1.165) is 32.6 Å². The van der Waals surface area contributed by atoms with Gasteiger partial charge in [-0.25, -0.2) is 4.79 Å². The molecule has 2 aliphatic rings. The highest BCUT2D eigenvalue weighted by Gasteiger charge is 2.44. The van der Waals surface area contributed by atoms with Crippen LogP contribution in [-0.4, -0.2) is 42.8 Å². The number of hydrogen-bond acceptors (Lipinski definition) is 3. The minimum absolute atomic E-state index is 0.127. The number of carbonyl (C=O) groups is 1. The lowest BCUT2D eigenvalue weighted by molar-refractivity contribution is -0.0221. The Hall–Kier alpha value is -0.770. The monoisotopic (exact) mass is 310 g/mol. The molecule has 0 bridgehead atoms. The molecule has 1 amide bonds. The molecule has 4 nitrogen and oxygen atoms in total. The van der Waals surface area contributed by atoms with Crippen LogP contribution < -0.4 is 5.32 Å². The molecule has 22 heavy (non-hydrogen) atoms. The lowest BCUT2D eigenvalue weighted by Crippen LogP contribution is -2.53. The summed E-state index contributed by atoms with van der Waals surface area (Å²) in [6.07, 6.45) is 7.29. The highest BCUT2D eigenvalue weighted by molar-refractivity contribution is 5.68. The van der Waals surface area contributed by atoms with Crippen molar-refractivity contribution in [1.82, 2.24) is 10.2 Å². The molecule has 1 atom stereocenters. The summed E-state index contributed by atoms with van der Waals surface area (Å²) in [5, 5.41) is 3.49. The molecule has 0 aromatic heterocycles. The van der Waals surface area contributed by atoms with Gasteiger partial charge < -0.3 is 15.0 Å². The van der Waals surface area contributed by atoms with Crippen molar-refractivity contribution in [2.24, 2.45) is 11.3 Å². The molecule has 128 valence electrons. The molecule has 0 saturated carbocycles. The molecule has 1 N–H and O–H groups in total. The van der Waals surface area contributed by atoms with E-state index in [4.69, 9.17) is 4.74 Å². The maximum Gasteiger partial charge on any atom is 0.410 e. The lowest BCUT2D eigenvalue weighted by atomic mass is 9.63. The standard InChI is InChI=1S/C18H34N2O2/c1-5-6-7-15-14-20(16(21)22-17(2,3)4)13-10-18(15)8-11-19-12-9-18/h15,19H,5-14H2,1-4H3. The Labute approximate surface area is 136 Å². The van der Waals surface area contributed by atoms with Gasteiger partial charge in [0.15, 0.2) is 0 Å². The van der Waals surface area contributed by atoms with Crippen LogP contribution in [0.25, 0.3) is 0 Å². The van der Waals surface area contributed by atoms with E-state index in [-0.39, 0.29) is 6.09 Å². The third-order valence-electron chi connectivity index (χ3n) is 5.34. The van der Waals surface area contributed by atoms with Gasteiger partial charge in [0.25, 0.3) is 0 Å². The van der Waals surface area contributed by atoms with E-state index in [1.54, 1.807) is 0 Å². The smallest absolute Gasteiger partial charge is 0.410 e. The maximum atomic E-state index is 12.4. The van der Waals surface area contributed by atoms with Gasteiger partial charge in [0, 0.05) is 13.1 Å². The van der Waals surface area contributed by atoms with E-state index >= 15 is 0 Å². The van der Waals surface area contributed by atoms with Gasteiger partial charge in [-0.3, -0.25) is 0 Å². The Morgan fingerprint density at radius 3 is 2.55 bits per heavy atom. The van der Waals surface area contributed by atoms with Gasteiger partial charge in [-0.1, -0.05) is 19.8 Å². The quantitative estimate of drug-likeness (QED) is 0.862. The fourth-order valence-electron chi connectivity index (χ4n) is 4.04. The van der Waals surface area contributed by atoms with Crippen molar-refractivity contribution >= 4 is 6.09 Å². The topological polar surface area (TPSA) is 41.6 Å². The van der Waals surface area contributed by atoms with Crippen LogP contribution in [0, 0.1) is 11.3 Å². The minimum Gasteiger partial charge on any atom is -0.444 e. The summed E-state index contributed by atoms with van der Waals surface area (Å²) in [6.45, 7) is 12.1. The second-order valence-corrected chi connectivity index (χ2v) is 8.13. The van der Waals surface area contributed by atoms with Crippen molar-refractivity contribution in [3.05, 3.63) is 0 Å². The van der Waals surface area contributed by atoms with Crippen LogP contribution in [-0.2, 0) is 4.74 Å². The molecule has 1 unspecified atom stereocenters. The molecular formula is C18H34N2O2. The first-order chi connectivity index (χ1) is 10.4. The van der Waals surface area contributed by atoms with Crippen LogP contribution in [0.15, 0.2) is 0 Å². The van der Waals surface area contributed by atoms with Crippen LogP contribution in [0.5, 0.6) is 0 Å². The van der Waals surface area contributed by atoms with Gasteiger partial charge in [-0.05, 0) is 70.9 Å². The van der Waals surface area contributed by atoms with Gasteiger partial charge in [-0.2, -0.15) is 0 Å². The second-order valence-electron chi connectivity index (χ2n) is 8.13. The number of piperidine rings is 2. The van der Waals surface area contributed by atoms with Crippen molar-refractivity contribution in [2.45, 2.75) is 71.8 Å². The van der Waals surface area contributed by atoms with E-state index in [1.165, 1.54) is 32.1 Å². The molecule has 4 heteroatoms. The zero-order chi connectivity index (χ0) is 16.2. The predicted octanol–water partition coefficient (Wildman–Crippen LogP) is 3.80. The summed E-state index contributed by atoms with van der Waals surface area (Å²) in [5.41, 5.74) is 0.0544. The third-order valence-corrected chi connectivity index (χ3v) is 5.34. The molecule has 2 fully saturated rings. The fraction of sp³-hybridized carbons (Fsp3) is 0.944. The number of ether oxygens (including phenoxy) is 1. The van der Waals surface area contributed by atoms with Gasteiger partial charge in [0.05, 0.1) is 0 Å². The molecular weight excluding hydrogens is 276 g/mol. The number of rotatable bonds is 3. The molecule has 0 aromatic carbocycles. The Bertz CT molecular complexity index is 370. The summed E-state index contributed by atoms with van der Waals surface area (Å²) in [6, 6.07) is 0. The average molecular weight is 310 g/mol. The summed E-state index contributed by atoms with van der Waals surface area (Å²) in [7, 11) is 0. The van der Waals surface area contributed by atoms with Crippen LogP contribution in [0.3, 0.4) is 0 Å². The minimum atomic E-state index is -0.403. The first-order valence-corrected chi connectivity index (χ1v) is 9.05. The first kappa shape index (κ1) is 17.6. The van der Waals surface area contributed by atoms with Crippen molar-refractivity contribution in [3.63, 3.8) is 0 Å². The zero-order valence-electron chi connectivity index (χ0n) is 14.9. The Morgan fingerprint density at radius 2 is 1.95 bits per heavy atom. The van der Waals surface area contributed by atoms with Gasteiger partial charge in [0.1, 0.15) is 5.60 Å². The first-order valence-electron chi connectivity index (χ1n) is 9.05. The van der Waals surface area contributed by atoms with Crippen LogP contribution in [0.2, 0.25) is 0 Å². The Kier molecular flexibility index (Phi) is 5.76. The van der Waals surface area contributed by atoms with E-state index in [1.807, 2.05) is 25.7 Å². The van der Waals surface area contributed by atoms with E-state index in [9.17, 15) is 4.79 Å². The third kappa shape index (κ3) is 4.37. The molecule has 2 aliphatic heterocycles. The molecule has 0 aliphatic carbocycles.